The van der Waals surface area contributed by atoms with Crippen LogP contribution in [0, 0.1) is 0 Å². The Bertz CT molecular complexity index is 206. The Morgan fingerprint density at radius 1 is 1.62 bits per heavy atom. The minimum atomic E-state index is -0.508. The highest BCUT2D eigenvalue weighted by atomic mass is 32.1. The molecule has 0 aromatic heterocycles. The molecule has 0 aliphatic rings. The molecule has 5 heteroatoms. The molecule has 0 aliphatic heterocycles. The Labute approximate surface area is 82.6 Å². The van der Waals surface area contributed by atoms with E-state index in [0.29, 0.717) is 6.42 Å². The van der Waals surface area contributed by atoms with E-state index in [2.05, 4.69) is 17.5 Å². The molecule has 74 valence electrons. The summed E-state index contributed by atoms with van der Waals surface area (Å²) in [6, 6.07) is 0. The quantitative estimate of drug-likeness (QED) is 0.520. The first-order valence-electron chi connectivity index (χ1n) is 3.99. The average molecular weight is 203 g/mol. The third-order valence-corrected chi connectivity index (χ3v) is 1.58. The fraction of sp³-hybridized carbons (Fsp3) is 0.625. The van der Waals surface area contributed by atoms with Crippen molar-refractivity contribution in [3.63, 3.8) is 0 Å². The van der Waals surface area contributed by atoms with Gasteiger partial charge in [0.05, 0.1) is 6.54 Å². The molecule has 4 nitrogen and oxygen atoms in total. The first-order chi connectivity index (χ1) is 6.10. The summed E-state index contributed by atoms with van der Waals surface area (Å²) in [4.78, 5) is 21.3. The number of ether oxygens (including phenoxy) is 1. The summed E-state index contributed by atoms with van der Waals surface area (Å²) in [5, 5.41) is 3.83. The van der Waals surface area contributed by atoms with Crippen molar-refractivity contribution in [1.82, 2.24) is 5.32 Å². The van der Waals surface area contributed by atoms with E-state index in [1.54, 1.807) is 6.92 Å². The van der Waals surface area contributed by atoms with Gasteiger partial charge in [-0.3, -0.25) is 9.59 Å². The standard InChI is InChI=1S/C8H13NO3S/c1-3-8(11)12-7(5-13)4-9-6(2)10/h5,7H,3-4H2,1-2H3,(H,9,10). The van der Waals surface area contributed by atoms with Crippen molar-refractivity contribution in [2.24, 2.45) is 0 Å². The monoisotopic (exact) mass is 203 g/mol. The summed E-state index contributed by atoms with van der Waals surface area (Å²) in [6.45, 7) is 3.33. The third kappa shape index (κ3) is 6.21. The summed E-state index contributed by atoms with van der Waals surface area (Å²) in [5.41, 5.74) is 0. The van der Waals surface area contributed by atoms with Crippen LogP contribution in [0.1, 0.15) is 20.3 Å². The van der Waals surface area contributed by atoms with Crippen LogP contribution in [0.25, 0.3) is 0 Å². The van der Waals surface area contributed by atoms with E-state index in [0.717, 1.165) is 0 Å². The van der Waals surface area contributed by atoms with Crippen molar-refractivity contribution in [3.05, 3.63) is 0 Å². The zero-order valence-electron chi connectivity index (χ0n) is 7.70. The lowest BCUT2D eigenvalue weighted by molar-refractivity contribution is -0.145. The number of amides is 1. The lowest BCUT2D eigenvalue weighted by Crippen LogP contribution is -2.34. The topological polar surface area (TPSA) is 55.4 Å². The number of hydrogen-bond acceptors (Lipinski definition) is 4. The Morgan fingerprint density at radius 2 is 2.23 bits per heavy atom. The van der Waals surface area contributed by atoms with E-state index in [4.69, 9.17) is 4.74 Å². The number of esters is 1. The molecule has 0 radical (unpaired) electrons. The van der Waals surface area contributed by atoms with Gasteiger partial charge in [0.25, 0.3) is 0 Å². The lowest BCUT2D eigenvalue weighted by Gasteiger charge is -2.12. The number of hydrogen-bond donors (Lipinski definition) is 1. The van der Waals surface area contributed by atoms with Crippen molar-refractivity contribution in [1.29, 1.82) is 0 Å². The van der Waals surface area contributed by atoms with Crippen molar-refractivity contribution in [3.8, 4) is 0 Å². The van der Waals surface area contributed by atoms with Gasteiger partial charge in [-0.25, -0.2) is 0 Å². The summed E-state index contributed by atoms with van der Waals surface area (Å²) in [7, 11) is 0. The van der Waals surface area contributed by atoms with Crippen LogP contribution >= 0.6 is 12.2 Å². The van der Waals surface area contributed by atoms with Gasteiger partial charge in [0.1, 0.15) is 6.10 Å². The minimum Gasteiger partial charge on any atom is -0.455 e. The van der Waals surface area contributed by atoms with E-state index in [1.807, 2.05) is 0 Å². The fourth-order valence-electron chi connectivity index (χ4n) is 0.614. The fourth-order valence-corrected chi connectivity index (χ4v) is 0.766. The second kappa shape index (κ2) is 6.54. The van der Waals surface area contributed by atoms with E-state index < -0.39 is 6.10 Å². The average Bonchev–Trinajstić information content (AvgIpc) is 2.11. The Hall–Kier alpha value is -0.970. The SMILES string of the molecule is CCC(=O)OC(C=S)CNC(C)=O. The van der Waals surface area contributed by atoms with Crippen LogP contribution in [0.2, 0.25) is 0 Å². The van der Waals surface area contributed by atoms with Crippen molar-refractivity contribution >= 4 is 29.5 Å². The Morgan fingerprint density at radius 3 is 2.62 bits per heavy atom. The van der Waals surface area contributed by atoms with E-state index >= 15 is 0 Å². The molecule has 0 aliphatic carbocycles. The zero-order chi connectivity index (χ0) is 10.3. The Kier molecular flexibility index (Phi) is 6.05. The van der Waals surface area contributed by atoms with Gasteiger partial charge < -0.3 is 10.1 Å². The van der Waals surface area contributed by atoms with Gasteiger partial charge in [-0.05, 0) is 0 Å². The minimum absolute atomic E-state index is 0.172. The molecular weight excluding hydrogens is 190 g/mol. The largest absolute Gasteiger partial charge is 0.455 e. The van der Waals surface area contributed by atoms with Gasteiger partial charge in [-0.15, -0.1) is 0 Å². The van der Waals surface area contributed by atoms with Gasteiger partial charge in [-0.1, -0.05) is 19.1 Å². The van der Waals surface area contributed by atoms with E-state index in [1.165, 1.54) is 12.3 Å². The molecule has 0 rings (SSSR count). The maximum atomic E-state index is 10.8. The summed E-state index contributed by atoms with van der Waals surface area (Å²) < 4.78 is 4.89. The smallest absolute Gasteiger partial charge is 0.306 e. The molecule has 0 spiro atoms. The molecule has 1 atom stereocenters. The Balaban J connectivity index is 3.82. The van der Waals surface area contributed by atoms with Gasteiger partial charge in [0.15, 0.2) is 0 Å². The predicted octanol–water partition coefficient (Wildman–Crippen LogP) is 0.444. The summed E-state index contributed by atoms with van der Waals surface area (Å²) in [5.74, 6) is -0.495. The van der Waals surface area contributed by atoms with Crippen LogP contribution in [0.15, 0.2) is 0 Å². The molecule has 1 N–H and O–H groups in total. The van der Waals surface area contributed by atoms with Gasteiger partial charge in [0, 0.05) is 18.7 Å². The van der Waals surface area contributed by atoms with Crippen LogP contribution in [-0.4, -0.2) is 29.9 Å². The van der Waals surface area contributed by atoms with Crippen LogP contribution in [0.4, 0.5) is 0 Å². The maximum Gasteiger partial charge on any atom is 0.306 e. The number of rotatable bonds is 5. The van der Waals surface area contributed by atoms with Crippen molar-refractivity contribution < 1.29 is 14.3 Å². The molecule has 0 aromatic rings. The first kappa shape index (κ1) is 12.0. The zero-order valence-corrected chi connectivity index (χ0v) is 8.52. The van der Waals surface area contributed by atoms with Crippen molar-refractivity contribution in [2.75, 3.05) is 6.54 Å². The molecule has 1 unspecified atom stereocenters. The highest BCUT2D eigenvalue weighted by Crippen LogP contribution is 1.92. The summed E-state index contributed by atoms with van der Waals surface area (Å²) >= 11 is 4.64. The number of carbonyl (C=O) groups excluding carboxylic acids is 2. The predicted molar refractivity (Wildman–Crippen MR) is 52.5 cm³/mol. The van der Waals surface area contributed by atoms with Crippen LogP contribution < -0.4 is 5.32 Å². The molecule has 0 aromatic carbocycles. The molecule has 13 heavy (non-hydrogen) atoms. The second-order valence-electron chi connectivity index (χ2n) is 2.46. The molecule has 1 amide bonds. The first-order valence-corrected chi connectivity index (χ1v) is 4.46. The molecule has 0 saturated heterocycles. The van der Waals surface area contributed by atoms with Crippen LogP contribution in [0.5, 0.6) is 0 Å². The molecule has 0 heterocycles. The van der Waals surface area contributed by atoms with Gasteiger partial charge >= 0.3 is 5.97 Å². The molecule has 0 bridgehead atoms. The van der Waals surface area contributed by atoms with Crippen LogP contribution in [-0.2, 0) is 14.3 Å². The second-order valence-corrected chi connectivity index (χ2v) is 2.73. The summed E-state index contributed by atoms with van der Waals surface area (Å²) in [6.07, 6.45) is -0.203. The van der Waals surface area contributed by atoms with Gasteiger partial charge in [0.2, 0.25) is 5.91 Å². The van der Waals surface area contributed by atoms with Crippen molar-refractivity contribution in [2.45, 2.75) is 26.4 Å². The number of thiocarbonyl (C=S) groups is 1. The van der Waals surface area contributed by atoms with Gasteiger partial charge in [-0.2, -0.15) is 0 Å². The maximum absolute atomic E-state index is 10.8. The highest BCUT2D eigenvalue weighted by molar-refractivity contribution is 7.79. The van der Waals surface area contributed by atoms with Crippen LogP contribution in [0.3, 0.4) is 0 Å². The van der Waals surface area contributed by atoms with E-state index in [9.17, 15) is 9.59 Å². The molecule has 0 fully saturated rings. The normalized spacial score (nSPS) is 11.5. The molecular formula is C8H13NO3S. The molecule has 0 saturated carbocycles. The lowest BCUT2D eigenvalue weighted by atomic mass is 10.4. The number of nitrogens with one attached hydrogen (secondary N) is 1. The van der Waals surface area contributed by atoms with E-state index in [-0.39, 0.29) is 18.4 Å². The third-order valence-electron chi connectivity index (χ3n) is 1.28. The highest BCUT2D eigenvalue weighted by Gasteiger charge is 2.09. The number of carbonyl (C=O) groups is 2.